The van der Waals surface area contributed by atoms with Crippen molar-refractivity contribution >= 4 is 196 Å². The van der Waals surface area contributed by atoms with Gasteiger partial charge in [0.25, 0.3) is 0 Å². The van der Waals surface area contributed by atoms with Crippen LogP contribution in [0.4, 0.5) is 0 Å². The lowest BCUT2D eigenvalue weighted by Crippen LogP contribution is -2.61. The number of aliphatic carboxylic acids is 4. The van der Waals surface area contributed by atoms with E-state index in [0.717, 1.165) is 4.90 Å². The molecule has 18 atom stereocenters. The van der Waals surface area contributed by atoms with Gasteiger partial charge in [0, 0.05) is 79.1 Å². The Bertz CT molecular complexity index is 5210. The number of nitrogens with two attached hydrogens (primary N) is 4. The van der Waals surface area contributed by atoms with Crippen LogP contribution in [0, 0.1) is 17.8 Å². The molecule has 1 fully saturated rings. The number of thioether (sulfide) groups is 1. The van der Waals surface area contributed by atoms with Crippen LogP contribution in [0.2, 0.25) is 0 Å². The second kappa shape index (κ2) is 65.5. The van der Waals surface area contributed by atoms with Crippen molar-refractivity contribution in [3.8, 4) is 0 Å². The van der Waals surface area contributed by atoms with Crippen molar-refractivity contribution in [1.82, 2.24) is 116 Å². The lowest BCUT2D eigenvalue weighted by Gasteiger charge is -2.29. The molecule has 0 bridgehead atoms. The van der Waals surface area contributed by atoms with E-state index in [-0.39, 0.29) is 69.4 Å². The maximum Gasteiger partial charge on any atom is 0.327 e. The molecule has 1 saturated heterocycles. The molecule has 4 rings (SSSR count). The number of hydrogen-bond acceptors (Lipinski definition) is 32. The number of carbonyl (C=O) groups is 25. The van der Waals surface area contributed by atoms with E-state index < -0.39 is 358 Å². The summed E-state index contributed by atoms with van der Waals surface area (Å²) in [5, 5.41) is 92.6. The monoisotopic (exact) mass is 2170 g/mol. The number of unbranched alkanes of at least 4 members (excludes halogenated alkanes) is 1. The van der Waals surface area contributed by atoms with E-state index in [1.54, 1.807) is 64.4 Å². The maximum absolute atomic E-state index is 14.8. The molecule has 150 heavy (non-hydrogen) atoms. The van der Waals surface area contributed by atoms with Gasteiger partial charge in [-0.25, -0.2) is 9.78 Å². The number of nitrogens with one attached hydrogen (secondary N) is 20. The highest BCUT2D eigenvalue weighted by atomic mass is 32.2. The number of imidazole rings is 1. The zero-order valence-electron chi connectivity index (χ0n) is 84.1. The van der Waals surface area contributed by atoms with E-state index in [1.807, 2.05) is 0 Å². The van der Waals surface area contributed by atoms with E-state index in [4.69, 9.17) is 22.9 Å². The van der Waals surface area contributed by atoms with E-state index in [0.29, 0.717) is 35.9 Å². The molecule has 0 radical (unpaired) electrons. The number of para-hydroxylation sites is 1. The summed E-state index contributed by atoms with van der Waals surface area (Å²) in [6.45, 7) is 7.14. The molecule has 3 heterocycles. The fourth-order valence-corrected chi connectivity index (χ4v) is 16.0. The highest BCUT2D eigenvalue weighted by molar-refractivity contribution is 7.98. The molecule has 0 unspecified atom stereocenters. The molecular formula is C91H140N26O30S3. The number of amides is 21. The first-order valence-electron chi connectivity index (χ1n) is 48.2. The van der Waals surface area contributed by atoms with Crippen LogP contribution in [-0.4, -0.2) is 359 Å². The Labute approximate surface area is 876 Å². The number of aliphatic hydroxyl groups excluding tert-OH is 1. The normalized spacial score (nSPS) is 15.6. The number of thiol groups is 2. The molecule has 59 heteroatoms. The number of nitrogens with zero attached hydrogens (tertiary/aromatic N) is 2. The molecule has 33 N–H and O–H groups in total. The molecule has 3 aromatic rings. The zero-order chi connectivity index (χ0) is 112. The van der Waals surface area contributed by atoms with Crippen LogP contribution in [-0.2, 0) is 133 Å². The Balaban J connectivity index is 1.46. The smallest absolute Gasteiger partial charge is 0.327 e. The van der Waals surface area contributed by atoms with Gasteiger partial charge in [-0.1, -0.05) is 72.6 Å². The predicted octanol–water partition coefficient (Wildman–Crippen LogP) is -9.45. The highest BCUT2D eigenvalue weighted by Crippen LogP contribution is 2.23. The Morgan fingerprint density at radius 2 is 0.940 bits per heavy atom. The number of carbonyl (C=O) groups excluding carboxylic acids is 21. The van der Waals surface area contributed by atoms with Crippen LogP contribution in [0.25, 0.3) is 10.9 Å². The van der Waals surface area contributed by atoms with E-state index in [9.17, 15) is 145 Å². The lowest BCUT2D eigenvalue weighted by molar-refractivity contribution is -0.143. The third kappa shape index (κ3) is 44.6. The molecule has 56 nitrogen and oxygen atoms in total. The molecule has 2 aromatic heterocycles. The van der Waals surface area contributed by atoms with Crippen LogP contribution >= 0.6 is 37.0 Å². The summed E-state index contributed by atoms with van der Waals surface area (Å²) < 4.78 is 0. The number of likely N-dealkylation sites (tertiary alicyclic amines) is 1. The Morgan fingerprint density at radius 3 is 1.47 bits per heavy atom. The molecule has 0 spiro atoms. The molecule has 0 aliphatic carbocycles. The number of primary amides is 2. The van der Waals surface area contributed by atoms with Gasteiger partial charge in [-0.15, -0.1) is 0 Å². The van der Waals surface area contributed by atoms with Crippen LogP contribution in [0.3, 0.4) is 0 Å². The van der Waals surface area contributed by atoms with Gasteiger partial charge in [-0.2, -0.15) is 37.0 Å². The van der Waals surface area contributed by atoms with Gasteiger partial charge in [0.1, 0.15) is 96.7 Å². The van der Waals surface area contributed by atoms with Crippen molar-refractivity contribution in [1.29, 1.82) is 0 Å². The topological polar surface area (TPSA) is 896 Å². The summed E-state index contributed by atoms with van der Waals surface area (Å²) in [6, 6.07) is -20.7. The first kappa shape index (κ1) is 128. The van der Waals surface area contributed by atoms with Crippen molar-refractivity contribution in [2.24, 2.45) is 40.7 Å². The zero-order valence-corrected chi connectivity index (χ0v) is 86.7. The van der Waals surface area contributed by atoms with E-state index >= 15 is 0 Å². The van der Waals surface area contributed by atoms with Crippen molar-refractivity contribution in [2.75, 3.05) is 62.8 Å². The molecule has 1 aliphatic heterocycles. The minimum Gasteiger partial charge on any atom is -0.481 e. The van der Waals surface area contributed by atoms with Gasteiger partial charge in [0.05, 0.1) is 51.5 Å². The fourth-order valence-electron chi connectivity index (χ4n) is 15.1. The molecular weight excluding hydrogens is 2030 g/mol. The van der Waals surface area contributed by atoms with Gasteiger partial charge in [0.2, 0.25) is 124 Å². The number of fused-ring (bicyclic) bond motifs is 1. The van der Waals surface area contributed by atoms with Crippen molar-refractivity contribution in [2.45, 2.75) is 267 Å². The predicted molar refractivity (Wildman–Crippen MR) is 541 cm³/mol. The molecule has 1 aliphatic rings. The summed E-state index contributed by atoms with van der Waals surface area (Å²) in [6.07, 6.45) is 1.07. The lowest BCUT2D eigenvalue weighted by atomic mass is 9.97. The highest BCUT2D eigenvalue weighted by Gasteiger charge is 2.43. The first-order valence-corrected chi connectivity index (χ1v) is 50.9. The summed E-state index contributed by atoms with van der Waals surface area (Å²) in [7, 11) is 0. The summed E-state index contributed by atoms with van der Waals surface area (Å²) in [4.78, 5) is 348. The van der Waals surface area contributed by atoms with Gasteiger partial charge < -0.3 is 159 Å². The van der Waals surface area contributed by atoms with Crippen LogP contribution in [0.5, 0.6) is 0 Å². The Hall–Kier alpha value is -14.4. The van der Waals surface area contributed by atoms with Crippen molar-refractivity contribution < 1.29 is 145 Å². The number of benzene rings is 1. The molecule has 21 amide bonds. The largest absolute Gasteiger partial charge is 0.481 e. The second-order valence-corrected chi connectivity index (χ2v) is 38.0. The van der Waals surface area contributed by atoms with Gasteiger partial charge >= 0.3 is 23.9 Å². The van der Waals surface area contributed by atoms with Gasteiger partial charge in [-0.3, -0.25) is 115 Å². The second-order valence-electron chi connectivity index (χ2n) is 36.3. The fraction of sp³-hybridized carbons (Fsp3) is 0.604. The number of H-pyrrole nitrogens is 2. The van der Waals surface area contributed by atoms with E-state index in [2.05, 4.69) is 136 Å². The summed E-state index contributed by atoms with van der Waals surface area (Å²) in [5.74, 6) is -31.0. The first-order chi connectivity index (χ1) is 70.8. The molecule has 0 saturated carbocycles. The minimum atomic E-state index is -2.08. The number of aromatic amines is 2. The third-order valence-corrected chi connectivity index (χ3v) is 24.9. The Kier molecular flexibility index (Phi) is 55.9. The third-order valence-electron chi connectivity index (χ3n) is 23.5. The number of hydrogen-bond donors (Lipinski definition) is 31. The number of aromatic nitrogens is 3. The van der Waals surface area contributed by atoms with Gasteiger partial charge in [-0.05, 0) is 113 Å². The van der Waals surface area contributed by atoms with E-state index in [1.165, 1.54) is 45.1 Å². The minimum absolute atomic E-state index is 0.0449. The van der Waals surface area contributed by atoms with Crippen molar-refractivity contribution in [3.63, 3.8) is 0 Å². The number of aliphatic hydroxyl groups is 1. The Morgan fingerprint density at radius 1 is 0.480 bits per heavy atom. The SMILES string of the molecule is CC[C@H](C)[C@H](NC(=O)CNC(=O)[C@@H]1CCCN1C(=O)[C@H](CO)NC(=O)[C@H](CS)NC(=O)[C@H](CC(=O)O)NC(=O)[C@@H](NC(=O)[C@H](CCC(N)=O)NC(=O)CNC(=O)[C@H](Cc1cnc[nH]1)NC(=O)[C@H](CCSC)NC(=O)[C@H](C)NC(=O)[C@H](CCC(=O)O)NC(=O)CNC(=O)[C@@H](N)CCCCN)C(C)C)C(=O)N[C@@H](Cc1c[nH]c2ccccc12)C(=O)N[C@@H](CCC(N)=O)C(=O)N[C@@H](CC(C)C)C(=O)N[C@@H](CC(=O)O)C(=O)N[C@@H](CS)C(=O)O. The number of carboxylic acid groups (broad SMARTS) is 4. The van der Waals surface area contributed by atoms with Crippen LogP contribution < -0.4 is 119 Å². The molecule has 1 aromatic carbocycles. The number of carboxylic acids is 4. The number of rotatable bonds is 70. The van der Waals surface area contributed by atoms with Crippen LogP contribution in [0.1, 0.15) is 162 Å². The standard InChI is InChI=1S/C91H140N26O30S3/c1-9-45(6)74(89(144)110-57(30-47-34-97-51-17-11-10-15-49(47)51)83(138)106-54(20-23-66(95)120)79(134)107-56(29-43(2)3)82(137)109-59(32-71(126)127)85(140)114-63(41-149)91(146)147)115-69(123)38-100-87(142)64-18-14-27-117(64)90(145)61(39-118)112-86(141)62(40-148)113-84(139)60(33-72(128)129)111-88(143)73(44(4)5)116-81(136)52(19-22-65(94)119)103-68(122)37-99-77(132)58(31-48-35-96-42-101-48)108-80(135)55(25-28-150-8)105-75(130)46(7)102-78(133)53(21-24-70(124)125)104-67(121)36-98-76(131)50(93)16-12-13-26-92/h10-11,15,17,34-35,42-46,50,52-64,73-74,97,118,148-149H,9,12-14,16,18-33,36-41,92-93H2,1-8H3,(H2,94,119)(H2,95,120)(H,96,101)(H,98,131)(H,99,132)(H,100,142)(H,102,133)(H,103,122)(H,104,121)(H,105,130)(H,106,138)(H,107,134)(H,108,135)(H,109,137)(H,110,144)(H,111,143)(H,112,141)(H,113,139)(H,114,140)(H,115,123)(H,116,136)(H,124,125)(H,126,127)(H,128,129)(H,146,147)/t45-,46-,50-,52-,53-,54-,55-,56-,57-,58-,59-,60-,61-,62-,63-,64-,73-,74-/m0/s1. The van der Waals surface area contributed by atoms with Crippen molar-refractivity contribution in [3.05, 3.63) is 54.2 Å². The quantitative estimate of drug-likeness (QED) is 0.0184. The van der Waals surface area contributed by atoms with Gasteiger partial charge in [0.15, 0.2) is 0 Å². The summed E-state index contributed by atoms with van der Waals surface area (Å²) in [5.41, 5.74) is 23.6. The maximum atomic E-state index is 14.8. The van der Waals surface area contributed by atoms with Crippen LogP contribution in [0.15, 0.2) is 43.0 Å². The summed E-state index contributed by atoms with van der Waals surface area (Å²) >= 11 is 9.32. The molecule has 832 valence electrons. The average Bonchev–Trinajstić information content (AvgIpc) is 1.67. The average molecular weight is 2170 g/mol.